The highest BCUT2D eigenvalue weighted by molar-refractivity contribution is 5.67. The molecular weight excluding hydrogens is 266 g/mol. The molecule has 0 heterocycles. The monoisotopic (exact) mass is 297 g/mol. The van der Waals surface area contributed by atoms with Gasteiger partial charge in [0, 0.05) is 13.2 Å². The van der Waals surface area contributed by atoms with Crippen LogP contribution in [0, 0.1) is 0 Å². The smallest absolute Gasteiger partial charge is 0.407 e. The number of ether oxygens (including phenoxy) is 1. The summed E-state index contributed by atoms with van der Waals surface area (Å²) in [5, 5.41) is 12.0. The molecule has 0 spiro atoms. The zero-order valence-electron chi connectivity index (χ0n) is 13.8. The molecule has 4 heteroatoms. The number of amides is 1. The van der Waals surface area contributed by atoms with Crippen LogP contribution in [0.5, 0.6) is 0 Å². The lowest BCUT2D eigenvalue weighted by atomic mass is 9.97. The molecule has 1 rings (SSSR count). The van der Waals surface area contributed by atoms with Crippen molar-refractivity contribution in [2.24, 2.45) is 0 Å². The number of alkyl carbamates (subject to hydrolysis) is 1. The molecule has 0 unspecified atom stereocenters. The van der Waals surface area contributed by atoms with E-state index in [9.17, 15) is 9.90 Å². The van der Waals surface area contributed by atoms with Crippen LogP contribution in [0.4, 0.5) is 4.79 Å². The quantitative estimate of drug-likeness (QED) is 0.577. The fourth-order valence-electron chi connectivity index (χ4n) is 2.75. The van der Waals surface area contributed by atoms with Crippen molar-refractivity contribution in [3.8, 4) is 0 Å². The topological polar surface area (TPSA) is 58.6 Å². The van der Waals surface area contributed by atoms with Crippen LogP contribution in [0.3, 0.4) is 0 Å². The summed E-state index contributed by atoms with van der Waals surface area (Å²) >= 11 is 0. The summed E-state index contributed by atoms with van der Waals surface area (Å²) in [6.45, 7) is 6.48. The summed E-state index contributed by atoms with van der Waals surface area (Å²) in [6.07, 6.45) is 8.50. The van der Waals surface area contributed by atoms with Gasteiger partial charge in [-0.1, -0.05) is 17.6 Å². The standard InChI is InChI=1S/C17H31NO3/c1-17(2,3)21-16(20)18-12-7-10-14-8-5-4-6-9-15(14)11-13-19/h19H,4-13H2,1-3H3,(H,18,20). The first-order valence-electron chi connectivity index (χ1n) is 8.20. The average molecular weight is 297 g/mol. The molecule has 0 aromatic heterocycles. The highest BCUT2D eigenvalue weighted by Gasteiger charge is 2.16. The van der Waals surface area contributed by atoms with Crippen LogP contribution in [0.25, 0.3) is 0 Å². The molecule has 1 aliphatic carbocycles. The van der Waals surface area contributed by atoms with Crippen molar-refractivity contribution in [3.63, 3.8) is 0 Å². The van der Waals surface area contributed by atoms with Gasteiger partial charge in [-0.05, 0) is 65.7 Å². The largest absolute Gasteiger partial charge is 0.444 e. The number of carbonyl (C=O) groups is 1. The van der Waals surface area contributed by atoms with E-state index >= 15 is 0 Å². The Balaban J connectivity index is 2.33. The molecule has 0 aromatic carbocycles. The molecule has 1 aliphatic rings. The lowest BCUT2D eigenvalue weighted by Crippen LogP contribution is -2.33. The van der Waals surface area contributed by atoms with Gasteiger partial charge in [-0.15, -0.1) is 0 Å². The molecule has 122 valence electrons. The van der Waals surface area contributed by atoms with E-state index in [4.69, 9.17) is 4.74 Å². The van der Waals surface area contributed by atoms with E-state index in [1.54, 1.807) is 0 Å². The number of hydrogen-bond donors (Lipinski definition) is 2. The molecular formula is C17H31NO3. The maximum atomic E-state index is 11.6. The summed E-state index contributed by atoms with van der Waals surface area (Å²) in [7, 11) is 0. The van der Waals surface area contributed by atoms with Gasteiger partial charge in [0.2, 0.25) is 0 Å². The normalized spacial score (nSPS) is 16.6. The van der Waals surface area contributed by atoms with Crippen molar-refractivity contribution in [1.82, 2.24) is 5.32 Å². The molecule has 0 radical (unpaired) electrons. The van der Waals surface area contributed by atoms with Gasteiger partial charge in [0.1, 0.15) is 5.60 Å². The highest BCUT2D eigenvalue weighted by Crippen LogP contribution is 2.28. The van der Waals surface area contributed by atoms with E-state index in [1.807, 2.05) is 20.8 Å². The fourth-order valence-corrected chi connectivity index (χ4v) is 2.75. The third kappa shape index (κ3) is 8.10. The van der Waals surface area contributed by atoms with Crippen molar-refractivity contribution in [2.75, 3.05) is 13.2 Å². The Morgan fingerprint density at radius 3 is 2.33 bits per heavy atom. The van der Waals surface area contributed by atoms with Crippen molar-refractivity contribution in [3.05, 3.63) is 11.1 Å². The van der Waals surface area contributed by atoms with Crippen molar-refractivity contribution >= 4 is 6.09 Å². The van der Waals surface area contributed by atoms with Crippen LogP contribution in [0.2, 0.25) is 0 Å². The van der Waals surface area contributed by atoms with Crippen molar-refractivity contribution < 1.29 is 14.6 Å². The van der Waals surface area contributed by atoms with E-state index in [0.717, 1.165) is 32.1 Å². The summed E-state index contributed by atoms with van der Waals surface area (Å²) in [6, 6.07) is 0. The Hall–Kier alpha value is -1.03. The second-order valence-corrected chi connectivity index (χ2v) is 6.77. The Kier molecular flexibility index (Phi) is 7.79. The molecule has 2 N–H and O–H groups in total. The zero-order chi connectivity index (χ0) is 15.7. The molecule has 4 nitrogen and oxygen atoms in total. The molecule has 0 bridgehead atoms. The van der Waals surface area contributed by atoms with E-state index in [-0.39, 0.29) is 12.7 Å². The van der Waals surface area contributed by atoms with E-state index in [1.165, 1.54) is 30.4 Å². The first-order valence-corrected chi connectivity index (χ1v) is 8.20. The minimum Gasteiger partial charge on any atom is -0.444 e. The van der Waals surface area contributed by atoms with E-state index in [2.05, 4.69) is 5.32 Å². The van der Waals surface area contributed by atoms with Gasteiger partial charge < -0.3 is 15.2 Å². The molecule has 0 aromatic rings. The summed E-state index contributed by atoms with van der Waals surface area (Å²) in [5.41, 5.74) is 2.52. The van der Waals surface area contributed by atoms with Gasteiger partial charge >= 0.3 is 6.09 Å². The first kappa shape index (κ1) is 18.0. The number of aliphatic hydroxyl groups excluding tert-OH is 1. The van der Waals surface area contributed by atoms with E-state index < -0.39 is 5.60 Å². The van der Waals surface area contributed by atoms with Crippen molar-refractivity contribution in [2.45, 2.75) is 77.7 Å². The molecule has 0 aliphatic heterocycles. The van der Waals surface area contributed by atoms with Gasteiger partial charge in [-0.2, -0.15) is 0 Å². The van der Waals surface area contributed by atoms with Crippen molar-refractivity contribution in [1.29, 1.82) is 0 Å². The Morgan fingerprint density at radius 1 is 1.14 bits per heavy atom. The predicted molar refractivity (Wildman–Crippen MR) is 85.3 cm³/mol. The minimum atomic E-state index is -0.442. The molecule has 0 saturated carbocycles. The maximum absolute atomic E-state index is 11.6. The summed E-state index contributed by atoms with van der Waals surface area (Å²) in [4.78, 5) is 11.6. The molecule has 0 saturated heterocycles. The Bertz CT molecular complexity index is 356. The van der Waals surface area contributed by atoms with Gasteiger partial charge in [0.15, 0.2) is 0 Å². The number of nitrogens with one attached hydrogen (secondary N) is 1. The molecule has 0 fully saturated rings. The van der Waals surface area contributed by atoms with Crippen LogP contribution in [0.15, 0.2) is 11.1 Å². The first-order chi connectivity index (χ1) is 9.92. The fraction of sp³-hybridized carbons (Fsp3) is 0.824. The second-order valence-electron chi connectivity index (χ2n) is 6.77. The summed E-state index contributed by atoms with van der Waals surface area (Å²) < 4.78 is 5.21. The maximum Gasteiger partial charge on any atom is 0.407 e. The van der Waals surface area contributed by atoms with Gasteiger partial charge in [0.05, 0.1) is 0 Å². The van der Waals surface area contributed by atoms with Gasteiger partial charge in [-0.3, -0.25) is 0 Å². The molecule has 1 amide bonds. The lowest BCUT2D eigenvalue weighted by molar-refractivity contribution is 0.0527. The number of aliphatic hydroxyl groups is 1. The molecule has 0 atom stereocenters. The minimum absolute atomic E-state index is 0.245. The molecule has 21 heavy (non-hydrogen) atoms. The van der Waals surface area contributed by atoms with E-state index in [0.29, 0.717) is 6.54 Å². The van der Waals surface area contributed by atoms with Gasteiger partial charge in [0.25, 0.3) is 0 Å². The Morgan fingerprint density at radius 2 is 1.76 bits per heavy atom. The highest BCUT2D eigenvalue weighted by atomic mass is 16.6. The lowest BCUT2D eigenvalue weighted by Gasteiger charge is -2.19. The van der Waals surface area contributed by atoms with Crippen LogP contribution in [0.1, 0.15) is 72.1 Å². The van der Waals surface area contributed by atoms with Crippen LogP contribution < -0.4 is 5.32 Å². The van der Waals surface area contributed by atoms with Crippen LogP contribution in [-0.2, 0) is 4.74 Å². The second kappa shape index (κ2) is 9.08. The number of allylic oxidation sites excluding steroid dienone is 1. The number of rotatable bonds is 6. The third-order valence-electron chi connectivity index (χ3n) is 3.69. The third-order valence-corrected chi connectivity index (χ3v) is 3.69. The summed E-state index contributed by atoms with van der Waals surface area (Å²) in [5.74, 6) is 0. The average Bonchev–Trinajstić information content (AvgIpc) is 2.59. The van der Waals surface area contributed by atoms with Crippen LogP contribution >= 0.6 is 0 Å². The number of hydrogen-bond acceptors (Lipinski definition) is 3. The van der Waals surface area contributed by atoms with Crippen LogP contribution in [-0.4, -0.2) is 30.0 Å². The zero-order valence-corrected chi connectivity index (χ0v) is 13.8. The SMILES string of the molecule is CC(C)(C)OC(=O)NCCCC1=C(CCO)CCCCC1. The van der Waals surface area contributed by atoms with Gasteiger partial charge in [-0.25, -0.2) is 4.79 Å². The number of carbonyl (C=O) groups excluding carboxylic acids is 1. The Labute approximate surface area is 129 Å². The predicted octanol–water partition coefficient (Wildman–Crippen LogP) is 3.93.